The van der Waals surface area contributed by atoms with Crippen LogP contribution < -0.4 is 5.32 Å². The van der Waals surface area contributed by atoms with Crippen LogP contribution in [0.25, 0.3) is 6.08 Å². The number of rotatable bonds is 5. The molecule has 0 spiro atoms. The number of amides is 1. The van der Waals surface area contributed by atoms with Gasteiger partial charge in [-0.25, -0.2) is 4.79 Å². The molecule has 5 heteroatoms. The lowest BCUT2D eigenvalue weighted by Gasteiger charge is -2.13. The van der Waals surface area contributed by atoms with Crippen molar-refractivity contribution in [1.82, 2.24) is 0 Å². The zero-order chi connectivity index (χ0) is 19.1. The fourth-order valence-corrected chi connectivity index (χ4v) is 2.12. The first kappa shape index (κ1) is 18.9. The quantitative estimate of drug-likeness (QED) is 0.507. The number of hydrogen-bond acceptors (Lipinski definition) is 4. The third kappa shape index (κ3) is 5.32. The number of benzene rings is 2. The average Bonchev–Trinajstić information content (AvgIpc) is 2.62. The zero-order valence-corrected chi connectivity index (χ0v) is 14.9. The van der Waals surface area contributed by atoms with Crippen LogP contribution in [-0.4, -0.2) is 18.0 Å². The van der Waals surface area contributed by atoms with Crippen molar-refractivity contribution in [3.05, 3.63) is 70.8 Å². The van der Waals surface area contributed by atoms with Crippen LogP contribution >= 0.6 is 0 Å². The number of ether oxygens (including phenoxy) is 1. The van der Waals surface area contributed by atoms with E-state index in [1.54, 1.807) is 24.3 Å². The Hall–Kier alpha value is -3.39. The highest BCUT2D eigenvalue weighted by Gasteiger charge is 2.20. The lowest BCUT2D eigenvalue weighted by atomic mass is 10.1. The molecule has 2 rings (SSSR count). The van der Waals surface area contributed by atoms with E-state index in [1.165, 1.54) is 13.0 Å². The molecule has 2 aromatic carbocycles. The standard InChI is InChI=1S/C21H20N2O3/c1-14-4-8-17(9-5-14)12-18(13-22)21(25)26-16(3)20(24)23-19-10-6-15(2)7-11-19/h4-12,16H,1-3H3,(H,23,24)/b18-12+/t16-/m1/s1. The van der Waals surface area contributed by atoms with Crippen LogP contribution in [0, 0.1) is 25.2 Å². The molecule has 0 aliphatic carbocycles. The first-order valence-corrected chi connectivity index (χ1v) is 8.16. The number of nitrogens with zero attached hydrogens (tertiary/aromatic N) is 1. The molecule has 0 fully saturated rings. The van der Waals surface area contributed by atoms with Crippen LogP contribution in [0.15, 0.2) is 54.1 Å². The molecule has 0 bridgehead atoms. The summed E-state index contributed by atoms with van der Waals surface area (Å²) < 4.78 is 5.12. The van der Waals surface area contributed by atoms with Crippen LogP contribution in [-0.2, 0) is 14.3 Å². The van der Waals surface area contributed by atoms with Crippen molar-refractivity contribution in [2.24, 2.45) is 0 Å². The van der Waals surface area contributed by atoms with Gasteiger partial charge in [-0.15, -0.1) is 0 Å². The molecule has 0 aliphatic heterocycles. The van der Waals surface area contributed by atoms with E-state index in [2.05, 4.69) is 5.32 Å². The van der Waals surface area contributed by atoms with Crippen LogP contribution in [0.4, 0.5) is 5.69 Å². The van der Waals surface area contributed by atoms with E-state index in [1.807, 2.05) is 44.2 Å². The maximum absolute atomic E-state index is 12.2. The first-order valence-electron chi connectivity index (χ1n) is 8.16. The minimum absolute atomic E-state index is 0.163. The van der Waals surface area contributed by atoms with Gasteiger partial charge in [0.15, 0.2) is 6.10 Å². The minimum atomic E-state index is -1.03. The van der Waals surface area contributed by atoms with Gasteiger partial charge in [0.05, 0.1) is 0 Å². The Kier molecular flexibility index (Phi) is 6.29. The van der Waals surface area contributed by atoms with Gasteiger partial charge < -0.3 is 10.1 Å². The SMILES string of the molecule is Cc1ccc(/C=C(\C#N)C(=O)O[C@H](C)C(=O)Nc2ccc(C)cc2)cc1. The van der Waals surface area contributed by atoms with Gasteiger partial charge in [-0.05, 0) is 44.5 Å². The fraction of sp³-hybridized carbons (Fsp3) is 0.190. The summed E-state index contributed by atoms with van der Waals surface area (Å²) in [6.45, 7) is 5.35. The molecule has 1 N–H and O–H groups in total. The third-order valence-corrected chi connectivity index (χ3v) is 3.70. The number of carbonyl (C=O) groups excluding carboxylic acids is 2. The highest BCUT2D eigenvalue weighted by atomic mass is 16.5. The largest absolute Gasteiger partial charge is 0.448 e. The Morgan fingerprint density at radius 1 is 1.04 bits per heavy atom. The normalized spacial score (nSPS) is 12.0. The molecule has 0 aliphatic rings. The minimum Gasteiger partial charge on any atom is -0.448 e. The van der Waals surface area contributed by atoms with Crippen molar-refractivity contribution in [1.29, 1.82) is 5.26 Å². The molecule has 1 amide bonds. The summed E-state index contributed by atoms with van der Waals surface area (Å²) in [5, 5.41) is 11.9. The molecular weight excluding hydrogens is 328 g/mol. The van der Waals surface area contributed by atoms with E-state index in [4.69, 9.17) is 4.74 Å². The second kappa shape index (κ2) is 8.63. The lowest BCUT2D eigenvalue weighted by molar-refractivity contribution is -0.148. The van der Waals surface area contributed by atoms with E-state index in [9.17, 15) is 14.9 Å². The predicted octanol–water partition coefficient (Wildman–Crippen LogP) is 3.78. The van der Waals surface area contributed by atoms with Crippen LogP contribution in [0.3, 0.4) is 0 Å². The third-order valence-electron chi connectivity index (χ3n) is 3.70. The maximum Gasteiger partial charge on any atom is 0.349 e. The van der Waals surface area contributed by atoms with Crippen LogP contribution in [0.1, 0.15) is 23.6 Å². The summed E-state index contributed by atoms with van der Waals surface area (Å²) in [6, 6.07) is 16.4. The van der Waals surface area contributed by atoms with E-state index < -0.39 is 18.0 Å². The Balaban J connectivity index is 2.01. The molecule has 0 radical (unpaired) electrons. The summed E-state index contributed by atoms with van der Waals surface area (Å²) in [4.78, 5) is 24.3. The van der Waals surface area contributed by atoms with Crippen molar-refractivity contribution in [3.63, 3.8) is 0 Å². The van der Waals surface area contributed by atoms with Gasteiger partial charge in [-0.3, -0.25) is 4.79 Å². The van der Waals surface area contributed by atoms with Gasteiger partial charge in [0.1, 0.15) is 11.6 Å². The number of carbonyl (C=O) groups is 2. The topological polar surface area (TPSA) is 79.2 Å². The molecule has 1 atom stereocenters. The Labute approximate surface area is 152 Å². The number of anilines is 1. The number of nitriles is 1. The van der Waals surface area contributed by atoms with Crippen molar-refractivity contribution in [3.8, 4) is 6.07 Å². The van der Waals surface area contributed by atoms with Gasteiger partial charge in [0.25, 0.3) is 5.91 Å². The van der Waals surface area contributed by atoms with E-state index in [-0.39, 0.29) is 5.57 Å². The zero-order valence-electron chi connectivity index (χ0n) is 14.9. The molecule has 132 valence electrons. The van der Waals surface area contributed by atoms with E-state index in [0.717, 1.165) is 11.1 Å². The molecule has 0 saturated carbocycles. The van der Waals surface area contributed by atoms with Gasteiger partial charge in [0, 0.05) is 5.69 Å². The van der Waals surface area contributed by atoms with Crippen molar-refractivity contribution < 1.29 is 14.3 Å². The summed E-state index contributed by atoms with van der Waals surface area (Å²) in [5.74, 6) is -1.30. The van der Waals surface area contributed by atoms with Crippen molar-refractivity contribution in [2.75, 3.05) is 5.32 Å². The van der Waals surface area contributed by atoms with E-state index >= 15 is 0 Å². The highest BCUT2D eigenvalue weighted by Crippen LogP contribution is 2.12. The summed E-state index contributed by atoms with van der Waals surface area (Å²) in [7, 11) is 0. The fourth-order valence-electron chi connectivity index (χ4n) is 2.12. The molecule has 2 aromatic rings. The van der Waals surface area contributed by atoms with Crippen molar-refractivity contribution in [2.45, 2.75) is 26.9 Å². The summed E-state index contributed by atoms with van der Waals surface area (Å²) in [6.07, 6.45) is 0.408. The lowest BCUT2D eigenvalue weighted by Crippen LogP contribution is -2.30. The van der Waals surface area contributed by atoms with Crippen molar-refractivity contribution >= 4 is 23.6 Å². The van der Waals surface area contributed by atoms with E-state index in [0.29, 0.717) is 11.3 Å². The Bertz CT molecular complexity index is 860. The second-order valence-electron chi connectivity index (χ2n) is 5.98. The molecular formula is C21H20N2O3. The smallest absolute Gasteiger partial charge is 0.349 e. The number of aryl methyl sites for hydroxylation is 2. The highest BCUT2D eigenvalue weighted by molar-refractivity contribution is 6.01. The first-order chi connectivity index (χ1) is 12.4. The molecule has 0 aromatic heterocycles. The summed E-state index contributed by atoms with van der Waals surface area (Å²) >= 11 is 0. The monoisotopic (exact) mass is 348 g/mol. The molecule has 0 saturated heterocycles. The Morgan fingerprint density at radius 3 is 2.12 bits per heavy atom. The van der Waals surface area contributed by atoms with Gasteiger partial charge in [-0.1, -0.05) is 47.5 Å². The molecule has 5 nitrogen and oxygen atoms in total. The summed E-state index contributed by atoms with van der Waals surface area (Å²) in [5.41, 5.74) is 3.30. The molecule has 26 heavy (non-hydrogen) atoms. The van der Waals surface area contributed by atoms with Gasteiger partial charge in [0.2, 0.25) is 0 Å². The number of hydrogen-bond donors (Lipinski definition) is 1. The van der Waals surface area contributed by atoms with Gasteiger partial charge >= 0.3 is 5.97 Å². The maximum atomic E-state index is 12.2. The predicted molar refractivity (Wildman–Crippen MR) is 100 cm³/mol. The number of esters is 1. The van der Waals surface area contributed by atoms with Crippen LogP contribution in [0.2, 0.25) is 0 Å². The molecule has 0 heterocycles. The van der Waals surface area contributed by atoms with Crippen LogP contribution in [0.5, 0.6) is 0 Å². The van der Waals surface area contributed by atoms with Gasteiger partial charge in [-0.2, -0.15) is 5.26 Å². The second-order valence-corrected chi connectivity index (χ2v) is 5.98. The number of nitrogens with one attached hydrogen (secondary N) is 1. The Morgan fingerprint density at radius 2 is 1.58 bits per heavy atom. The average molecular weight is 348 g/mol. The molecule has 0 unspecified atom stereocenters.